The van der Waals surface area contributed by atoms with E-state index in [2.05, 4.69) is 35.1 Å². The van der Waals surface area contributed by atoms with Crippen LogP contribution in [0.4, 0.5) is 10.1 Å². The van der Waals surface area contributed by atoms with E-state index in [4.69, 9.17) is 18.0 Å². The molecular formula is C13H18BrFN2S. The van der Waals surface area contributed by atoms with Gasteiger partial charge in [0.25, 0.3) is 0 Å². The van der Waals surface area contributed by atoms with Crippen molar-refractivity contribution < 1.29 is 4.39 Å². The summed E-state index contributed by atoms with van der Waals surface area (Å²) in [5.41, 5.74) is 6.50. The van der Waals surface area contributed by atoms with E-state index >= 15 is 0 Å². The van der Waals surface area contributed by atoms with Gasteiger partial charge in [0.1, 0.15) is 4.99 Å². The number of hydrogen-bond acceptors (Lipinski definition) is 2. The summed E-state index contributed by atoms with van der Waals surface area (Å²) in [5, 5.41) is 3.18. The molecule has 0 spiro atoms. The lowest BCUT2D eigenvalue weighted by Crippen LogP contribution is -2.24. The van der Waals surface area contributed by atoms with Crippen LogP contribution in [-0.2, 0) is 0 Å². The summed E-state index contributed by atoms with van der Waals surface area (Å²) in [7, 11) is 0. The fraction of sp³-hybridized carbons (Fsp3) is 0.462. The van der Waals surface area contributed by atoms with E-state index in [0.29, 0.717) is 21.6 Å². The SMILES string of the molecule is CCC(C)C(C)Nc1ccc(C(N)=S)c(Br)c1F. The molecule has 1 aromatic carbocycles. The van der Waals surface area contributed by atoms with E-state index < -0.39 is 0 Å². The fourth-order valence-electron chi connectivity index (χ4n) is 1.59. The number of rotatable bonds is 5. The van der Waals surface area contributed by atoms with Crippen molar-refractivity contribution in [1.29, 1.82) is 0 Å². The van der Waals surface area contributed by atoms with Crippen LogP contribution < -0.4 is 11.1 Å². The predicted molar refractivity (Wildman–Crippen MR) is 82.5 cm³/mol. The first-order valence-electron chi connectivity index (χ1n) is 5.92. The molecule has 0 aliphatic carbocycles. The molecular weight excluding hydrogens is 315 g/mol. The minimum Gasteiger partial charge on any atom is -0.389 e. The number of nitrogens with one attached hydrogen (secondary N) is 1. The van der Waals surface area contributed by atoms with E-state index in [1.54, 1.807) is 12.1 Å². The molecule has 2 nitrogen and oxygen atoms in total. The summed E-state index contributed by atoms with van der Waals surface area (Å²) in [6.45, 7) is 6.29. The average molecular weight is 333 g/mol. The number of nitrogens with two attached hydrogens (primary N) is 1. The number of benzene rings is 1. The zero-order valence-electron chi connectivity index (χ0n) is 10.8. The van der Waals surface area contributed by atoms with Gasteiger partial charge in [-0.3, -0.25) is 0 Å². The van der Waals surface area contributed by atoms with Crippen molar-refractivity contribution in [3.63, 3.8) is 0 Å². The molecule has 2 atom stereocenters. The molecule has 0 aliphatic heterocycles. The van der Waals surface area contributed by atoms with Crippen molar-refractivity contribution >= 4 is 38.8 Å². The average Bonchev–Trinajstić information content (AvgIpc) is 2.33. The van der Waals surface area contributed by atoms with Gasteiger partial charge in [0.2, 0.25) is 0 Å². The monoisotopic (exact) mass is 332 g/mol. The quantitative estimate of drug-likeness (QED) is 0.798. The van der Waals surface area contributed by atoms with E-state index in [1.165, 1.54) is 0 Å². The Hall–Kier alpha value is -0.680. The van der Waals surface area contributed by atoms with E-state index in [1.807, 2.05) is 6.92 Å². The Bertz CT molecular complexity index is 451. The molecule has 0 aliphatic rings. The summed E-state index contributed by atoms with van der Waals surface area (Å²) >= 11 is 8.05. The normalized spacial score (nSPS) is 14.1. The van der Waals surface area contributed by atoms with Crippen LogP contribution in [0.5, 0.6) is 0 Å². The van der Waals surface area contributed by atoms with Crippen molar-refractivity contribution in [2.75, 3.05) is 5.32 Å². The van der Waals surface area contributed by atoms with Gasteiger partial charge in [-0.05, 0) is 40.9 Å². The van der Waals surface area contributed by atoms with E-state index in [0.717, 1.165) is 6.42 Å². The minimum atomic E-state index is -0.351. The number of anilines is 1. The van der Waals surface area contributed by atoms with Crippen LogP contribution >= 0.6 is 28.1 Å². The molecule has 2 unspecified atom stereocenters. The summed E-state index contributed by atoms with van der Waals surface area (Å²) in [6, 6.07) is 3.60. The van der Waals surface area contributed by atoms with Gasteiger partial charge in [-0.25, -0.2) is 4.39 Å². The van der Waals surface area contributed by atoms with Gasteiger partial charge in [-0.1, -0.05) is 32.5 Å². The first-order chi connectivity index (χ1) is 8.38. The summed E-state index contributed by atoms with van der Waals surface area (Å²) in [4.78, 5) is 0.183. The van der Waals surface area contributed by atoms with Crippen LogP contribution in [0.15, 0.2) is 16.6 Å². The van der Waals surface area contributed by atoms with Crippen LogP contribution in [-0.4, -0.2) is 11.0 Å². The summed E-state index contributed by atoms with van der Waals surface area (Å²) < 4.78 is 14.4. The molecule has 3 N–H and O–H groups in total. The number of halogens is 2. The molecule has 0 heterocycles. The Morgan fingerprint density at radius 2 is 2.11 bits per heavy atom. The third kappa shape index (κ3) is 3.42. The Morgan fingerprint density at radius 3 is 2.61 bits per heavy atom. The maximum Gasteiger partial charge on any atom is 0.161 e. The third-order valence-electron chi connectivity index (χ3n) is 3.23. The predicted octanol–water partition coefficient (Wildman–Crippen LogP) is 4.07. The second-order valence-corrected chi connectivity index (χ2v) is 5.70. The van der Waals surface area contributed by atoms with Crippen LogP contribution in [0, 0.1) is 11.7 Å². The first-order valence-corrected chi connectivity index (χ1v) is 7.12. The standard InChI is InChI=1S/C13H18BrFN2S/c1-4-7(2)8(3)17-10-6-5-9(13(16)18)11(14)12(10)15/h5-8,17H,4H2,1-3H3,(H2,16,18). The molecule has 1 rings (SSSR count). The molecule has 1 aromatic rings. The number of thiocarbonyl (C=S) groups is 1. The Morgan fingerprint density at radius 1 is 1.50 bits per heavy atom. The highest BCUT2D eigenvalue weighted by Gasteiger charge is 2.16. The second kappa shape index (κ2) is 6.48. The van der Waals surface area contributed by atoms with Crippen molar-refractivity contribution in [3.05, 3.63) is 28.0 Å². The second-order valence-electron chi connectivity index (χ2n) is 4.47. The smallest absolute Gasteiger partial charge is 0.161 e. The van der Waals surface area contributed by atoms with Gasteiger partial charge in [0, 0.05) is 11.6 Å². The third-order valence-corrected chi connectivity index (χ3v) is 4.22. The zero-order chi connectivity index (χ0) is 13.9. The zero-order valence-corrected chi connectivity index (χ0v) is 13.2. The molecule has 0 bridgehead atoms. The lowest BCUT2D eigenvalue weighted by atomic mass is 10.0. The first kappa shape index (κ1) is 15.4. The molecule has 5 heteroatoms. The van der Waals surface area contributed by atoms with Crippen LogP contribution in [0.1, 0.15) is 32.8 Å². The Kier molecular flexibility index (Phi) is 5.53. The lowest BCUT2D eigenvalue weighted by Gasteiger charge is -2.22. The molecule has 18 heavy (non-hydrogen) atoms. The minimum absolute atomic E-state index is 0.183. The van der Waals surface area contributed by atoms with Gasteiger partial charge < -0.3 is 11.1 Å². The molecule has 0 fully saturated rings. The highest BCUT2D eigenvalue weighted by molar-refractivity contribution is 9.10. The largest absolute Gasteiger partial charge is 0.389 e. The van der Waals surface area contributed by atoms with Gasteiger partial charge >= 0.3 is 0 Å². The molecule has 0 amide bonds. The molecule has 100 valence electrons. The van der Waals surface area contributed by atoms with Gasteiger partial charge in [-0.15, -0.1) is 0 Å². The molecule has 0 saturated carbocycles. The lowest BCUT2D eigenvalue weighted by molar-refractivity contribution is 0.491. The van der Waals surface area contributed by atoms with Crippen molar-refractivity contribution in [2.45, 2.75) is 33.2 Å². The van der Waals surface area contributed by atoms with Crippen molar-refractivity contribution in [2.24, 2.45) is 11.7 Å². The maximum atomic E-state index is 14.1. The van der Waals surface area contributed by atoms with E-state index in [9.17, 15) is 4.39 Å². The molecule has 0 radical (unpaired) electrons. The van der Waals surface area contributed by atoms with Crippen LogP contribution in [0.25, 0.3) is 0 Å². The van der Waals surface area contributed by atoms with Gasteiger partial charge in [0.15, 0.2) is 5.82 Å². The highest BCUT2D eigenvalue weighted by atomic mass is 79.9. The summed E-state index contributed by atoms with van der Waals surface area (Å²) in [6.07, 6.45) is 1.04. The van der Waals surface area contributed by atoms with Crippen molar-refractivity contribution in [1.82, 2.24) is 0 Å². The topological polar surface area (TPSA) is 38.0 Å². The number of hydrogen-bond donors (Lipinski definition) is 2. The van der Waals surface area contributed by atoms with E-state index in [-0.39, 0.29) is 16.8 Å². The molecule has 0 saturated heterocycles. The maximum absolute atomic E-state index is 14.1. The van der Waals surface area contributed by atoms with Crippen LogP contribution in [0.3, 0.4) is 0 Å². The molecule has 0 aromatic heterocycles. The Labute approximate surface area is 121 Å². The van der Waals surface area contributed by atoms with Crippen LogP contribution in [0.2, 0.25) is 0 Å². The van der Waals surface area contributed by atoms with Gasteiger partial charge in [-0.2, -0.15) is 0 Å². The Balaban J connectivity index is 2.99. The highest BCUT2D eigenvalue weighted by Crippen LogP contribution is 2.28. The fourth-order valence-corrected chi connectivity index (χ4v) is 2.45. The van der Waals surface area contributed by atoms with Crippen molar-refractivity contribution in [3.8, 4) is 0 Å². The summed E-state index contributed by atoms with van der Waals surface area (Å²) in [5.74, 6) is 0.119. The van der Waals surface area contributed by atoms with Gasteiger partial charge in [0.05, 0.1) is 10.2 Å².